The highest BCUT2D eigenvalue weighted by atomic mass is 16.5. The molecule has 0 aliphatic carbocycles. The zero-order valence-corrected chi connectivity index (χ0v) is 15.9. The SMILES string of the molecule is CCCCOc1c(C(=O)O)nc2c(C(C)=O)cc(N3CCOCC3)cn2c1=O. The van der Waals surface area contributed by atoms with Crippen molar-refractivity contribution in [2.24, 2.45) is 0 Å². The molecule has 0 radical (unpaired) electrons. The van der Waals surface area contributed by atoms with E-state index < -0.39 is 17.2 Å². The van der Waals surface area contributed by atoms with E-state index in [4.69, 9.17) is 9.47 Å². The highest BCUT2D eigenvalue weighted by Crippen LogP contribution is 2.23. The Morgan fingerprint density at radius 2 is 2.04 bits per heavy atom. The summed E-state index contributed by atoms with van der Waals surface area (Å²) in [5.74, 6) is -2.00. The second-order valence-corrected chi connectivity index (χ2v) is 6.56. The molecule has 9 heteroatoms. The first kappa shape index (κ1) is 19.8. The number of rotatable bonds is 7. The Kier molecular flexibility index (Phi) is 5.93. The molecule has 1 saturated heterocycles. The molecule has 3 rings (SSSR count). The van der Waals surface area contributed by atoms with Crippen molar-refractivity contribution in [3.8, 4) is 5.75 Å². The number of unbranched alkanes of at least 4 members (excludes halogenated alkanes) is 1. The number of aromatic carboxylic acids is 1. The van der Waals surface area contributed by atoms with E-state index in [1.807, 2.05) is 11.8 Å². The molecule has 0 bridgehead atoms. The van der Waals surface area contributed by atoms with Gasteiger partial charge in [0.25, 0.3) is 0 Å². The van der Waals surface area contributed by atoms with Crippen LogP contribution in [-0.4, -0.2) is 59.2 Å². The third-order valence-corrected chi connectivity index (χ3v) is 4.57. The van der Waals surface area contributed by atoms with E-state index in [0.29, 0.717) is 38.4 Å². The van der Waals surface area contributed by atoms with Crippen LogP contribution < -0.4 is 15.2 Å². The van der Waals surface area contributed by atoms with Crippen LogP contribution in [0.3, 0.4) is 0 Å². The first-order valence-electron chi connectivity index (χ1n) is 9.24. The molecule has 1 fully saturated rings. The number of carboxylic acid groups (broad SMARTS) is 1. The average Bonchev–Trinajstić information content (AvgIpc) is 2.69. The fraction of sp³-hybridized carbons (Fsp3) is 0.474. The number of Topliss-reactive ketones (excluding diaryl/α,β-unsaturated/α-hetero) is 1. The minimum Gasteiger partial charge on any atom is -0.486 e. The fourth-order valence-corrected chi connectivity index (χ4v) is 3.06. The maximum atomic E-state index is 13.0. The summed E-state index contributed by atoms with van der Waals surface area (Å²) >= 11 is 0. The molecule has 2 aromatic rings. The molecule has 150 valence electrons. The van der Waals surface area contributed by atoms with Crippen molar-refractivity contribution in [1.29, 1.82) is 0 Å². The van der Waals surface area contributed by atoms with Gasteiger partial charge in [-0.15, -0.1) is 0 Å². The minimum absolute atomic E-state index is 0.00903. The summed E-state index contributed by atoms with van der Waals surface area (Å²) in [5, 5.41) is 9.50. The number of pyridine rings is 1. The minimum atomic E-state index is -1.38. The number of anilines is 1. The zero-order valence-electron chi connectivity index (χ0n) is 15.9. The molecule has 0 atom stereocenters. The van der Waals surface area contributed by atoms with Gasteiger partial charge in [-0.25, -0.2) is 9.78 Å². The summed E-state index contributed by atoms with van der Waals surface area (Å²) in [7, 11) is 0. The lowest BCUT2D eigenvalue weighted by Crippen LogP contribution is -2.37. The summed E-state index contributed by atoms with van der Waals surface area (Å²) in [6.45, 7) is 5.87. The van der Waals surface area contributed by atoms with Gasteiger partial charge in [-0.1, -0.05) is 13.3 Å². The molecule has 1 aliphatic rings. The number of morpholine rings is 1. The van der Waals surface area contributed by atoms with Crippen LogP contribution >= 0.6 is 0 Å². The summed E-state index contributed by atoms with van der Waals surface area (Å²) in [5.41, 5.74) is -0.259. The first-order valence-corrected chi connectivity index (χ1v) is 9.24. The summed E-state index contributed by atoms with van der Waals surface area (Å²) in [6, 6.07) is 1.64. The lowest BCUT2D eigenvalue weighted by Gasteiger charge is -2.29. The van der Waals surface area contributed by atoms with E-state index in [9.17, 15) is 19.5 Å². The van der Waals surface area contributed by atoms with Crippen LogP contribution in [0.5, 0.6) is 5.75 Å². The van der Waals surface area contributed by atoms with E-state index in [2.05, 4.69) is 4.98 Å². The predicted octanol–water partition coefficient (Wildman–Crippen LogP) is 1.61. The van der Waals surface area contributed by atoms with Gasteiger partial charge < -0.3 is 19.5 Å². The Bertz CT molecular complexity index is 962. The summed E-state index contributed by atoms with van der Waals surface area (Å²) in [6.07, 6.45) is 3.08. The molecule has 0 aromatic carbocycles. The van der Waals surface area contributed by atoms with E-state index in [-0.39, 0.29) is 29.4 Å². The number of nitrogens with zero attached hydrogens (tertiary/aromatic N) is 3. The Labute approximate surface area is 161 Å². The van der Waals surface area contributed by atoms with Gasteiger partial charge in [0.2, 0.25) is 5.75 Å². The fourth-order valence-electron chi connectivity index (χ4n) is 3.06. The number of fused-ring (bicyclic) bond motifs is 1. The molecule has 0 unspecified atom stereocenters. The average molecular weight is 389 g/mol. The van der Waals surface area contributed by atoms with Crippen LogP contribution in [0, 0.1) is 0 Å². The lowest BCUT2D eigenvalue weighted by molar-refractivity contribution is 0.0684. The quantitative estimate of drug-likeness (QED) is 0.562. The van der Waals surface area contributed by atoms with Crippen LogP contribution in [0.2, 0.25) is 0 Å². The number of hydrogen-bond acceptors (Lipinski definition) is 7. The Morgan fingerprint density at radius 3 is 2.64 bits per heavy atom. The Balaban J connectivity index is 2.23. The third-order valence-electron chi connectivity index (χ3n) is 4.57. The monoisotopic (exact) mass is 389 g/mol. The van der Waals surface area contributed by atoms with Crippen molar-refractivity contribution in [3.05, 3.63) is 33.9 Å². The molecule has 3 heterocycles. The van der Waals surface area contributed by atoms with Gasteiger partial charge in [-0.05, 0) is 19.4 Å². The van der Waals surface area contributed by atoms with Gasteiger partial charge in [-0.2, -0.15) is 0 Å². The molecule has 1 N–H and O–H groups in total. The van der Waals surface area contributed by atoms with E-state index in [1.54, 1.807) is 12.3 Å². The van der Waals surface area contributed by atoms with Gasteiger partial charge >= 0.3 is 11.5 Å². The maximum absolute atomic E-state index is 13.0. The standard InChI is InChI=1S/C19H23N3O6/c1-3-4-7-28-16-15(19(25)26)20-17-14(12(2)23)10-13(11-22(17)18(16)24)21-5-8-27-9-6-21/h10-11H,3-9H2,1-2H3,(H,25,26). The topological polar surface area (TPSA) is 110 Å². The highest BCUT2D eigenvalue weighted by Gasteiger charge is 2.24. The largest absolute Gasteiger partial charge is 0.486 e. The van der Waals surface area contributed by atoms with Crippen molar-refractivity contribution < 1.29 is 24.2 Å². The summed E-state index contributed by atoms with van der Waals surface area (Å²) < 4.78 is 12.0. The van der Waals surface area contributed by atoms with E-state index >= 15 is 0 Å². The first-order chi connectivity index (χ1) is 13.4. The second kappa shape index (κ2) is 8.39. The highest BCUT2D eigenvalue weighted by molar-refractivity contribution is 6.01. The molecule has 0 spiro atoms. The maximum Gasteiger partial charge on any atom is 0.358 e. The predicted molar refractivity (Wildman–Crippen MR) is 102 cm³/mol. The van der Waals surface area contributed by atoms with E-state index in [0.717, 1.165) is 6.42 Å². The molecule has 0 saturated carbocycles. The number of hydrogen-bond donors (Lipinski definition) is 1. The molecular formula is C19H23N3O6. The van der Waals surface area contributed by atoms with Crippen LogP contribution in [0.25, 0.3) is 5.65 Å². The lowest BCUT2D eigenvalue weighted by atomic mass is 10.1. The van der Waals surface area contributed by atoms with Crippen LogP contribution in [-0.2, 0) is 4.74 Å². The normalized spacial score (nSPS) is 14.3. The number of carbonyl (C=O) groups is 2. The van der Waals surface area contributed by atoms with Gasteiger partial charge in [0, 0.05) is 19.3 Å². The zero-order chi connectivity index (χ0) is 20.3. The number of carboxylic acids is 1. The Hall–Kier alpha value is -2.94. The molecule has 0 amide bonds. The third kappa shape index (κ3) is 3.84. The van der Waals surface area contributed by atoms with Gasteiger partial charge in [0.1, 0.15) is 0 Å². The van der Waals surface area contributed by atoms with Gasteiger partial charge in [-0.3, -0.25) is 14.0 Å². The number of ketones is 1. The van der Waals surface area contributed by atoms with Crippen molar-refractivity contribution >= 4 is 23.1 Å². The van der Waals surface area contributed by atoms with Crippen LogP contribution in [0.1, 0.15) is 47.5 Å². The summed E-state index contributed by atoms with van der Waals surface area (Å²) in [4.78, 5) is 43.0. The van der Waals surface area contributed by atoms with Crippen molar-refractivity contribution in [1.82, 2.24) is 9.38 Å². The molecular weight excluding hydrogens is 366 g/mol. The van der Waals surface area contributed by atoms with Crippen molar-refractivity contribution in [2.45, 2.75) is 26.7 Å². The molecule has 1 aliphatic heterocycles. The van der Waals surface area contributed by atoms with Crippen LogP contribution in [0.4, 0.5) is 5.69 Å². The Morgan fingerprint density at radius 1 is 1.32 bits per heavy atom. The van der Waals surface area contributed by atoms with Gasteiger partial charge in [0.05, 0.1) is 31.1 Å². The van der Waals surface area contributed by atoms with Crippen LogP contribution in [0.15, 0.2) is 17.1 Å². The second-order valence-electron chi connectivity index (χ2n) is 6.56. The number of aromatic nitrogens is 2. The molecule has 9 nitrogen and oxygen atoms in total. The smallest absolute Gasteiger partial charge is 0.358 e. The van der Waals surface area contributed by atoms with Crippen molar-refractivity contribution in [2.75, 3.05) is 37.8 Å². The molecule has 2 aromatic heterocycles. The van der Waals surface area contributed by atoms with Gasteiger partial charge in [0.15, 0.2) is 17.1 Å². The number of carbonyl (C=O) groups excluding carboxylic acids is 1. The van der Waals surface area contributed by atoms with Crippen molar-refractivity contribution in [3.63, 3.8) is 0 Å². The molecule has 28 heavy (non-hydrogen) atoms. The number of ether oxygens (including phenoxy) is 2. The van der Waals surface area contributed by atoms with E-state index in [1.165, 1.54) is 11.3 Å².